The molecule has 0 saturated carbocycles. The van der Waals surface area contributed by atoms with Crippen LogP contribution in [-0.4, -0.2) is 26.2 Å². The molecule has 0 fully saturated rings. The van der Waals surface area contributed by atoms with Crippen LogP contribution in [0.1, 0.15) is 27.2 Å². The highest BCUT2D eigenvalue weighted by Gasteiger charge is 2.20. The number of nitrogen functional groups attached to an aromatic ring is 1. The number of aliphatic hydroxyl groups excluding tert-OH is 1. The maximum Gasteiger partial charge on any atom is 0.240 e. The SMILES string of the molecule is CC(C)(C)CC(O)CNS(=O)(=O)c1ccc(N)c(F)c1. The molecule has 0 aliphatic heterocycles. The van der Waals surface area contributed by atoms with Crippen molar-refractivity contribution in [2.75, 3.05) is 12.3 Å². The second-order valence-electron chi connectivity index (χ2n) is 5.95. The number of nitrogens with one attached hydrogen (secondary N) is 1. The van der Waals surface area contributed by atoms with Crippen molar-refractivity contribution in [3.8, 4) is 0 Å². The Balaban J connectivity index is 2.73. The number of aliphatic hydroxyl groups is 1. The highest BCUT2D eigenvalue weighted by molar-refractivity contribution is 7.89. The van der Waals surface area contributed by atoms with Gasteiger partial charge in [-0.3, -0.25) is 0 Å². The Labute approximate surface area is 119 Å². The summed E-state index contributed by atoms with van der Waals surface area (Å²) in [6, 6.07) is 3.26. The molecule has 1 atom stereocenters. The van der Waals surface area contributed by atoms with Gasteiger partial charge in [-0.15, -0.1) is 0 Å². The molecule has 0 heterocycles. The molecular formula is C13H21FN2O3S. The van der Waals surface area contributed by atoms with E-state index >= 15 is 0 Å². The lowest BCUT2D eigenvalue weighted by Crippen LogP contribution is -2.34. The second-order valence-corrected chi connectivity index (χ2v) is 7.72. The molecule has 0 spiro atoms. The van der Waals surface area contributed by atoms with Gasteiger partial charge >= 0.3 is 0 Å². The van der Waals surface area contributed by atoms with Gasteiger partial charge in [-0.05, 0) is 30.0 Å². The Morgan fingerprint density at radius 1 is 1.40 bits per heavy atom. The Morgan fingerprint density at radius 2 is 2.00 bits per heavy atom. The van der Waals surface area contributed by atoms with Gasteiger partial charge in [0.15, 0.2) is 0 Å². The summed E-state index contributed by atoms with van der Waals surface area (Å²) in [5, 5.41) is 9.77. The summed E-state index contributed by atoms with van der Waals surface area (Å²) in [6.07, 6.45) is -0.352. The van der Waals surface area contributed by atoms with Crippen LogP contribution in [0.3, 0.4) is 0 Å². The Kier molecular flexibility index (Phi) is 5.12. The van der Waals surface area contributed by atoms with Crippen molar-refractivity contribution in [2.45, 2.75) is 38.2 Å². The molecule has 1 aromatic carbocycles. The first-order valence-electron chi connectivity index (χ1n) is 6.24. The molecule has 0 bridgehead atoms. The van der Waals surface area contributed by atoms with Crippen molar-refractivity contribution in [3.63, 3.8) is 0 Å². The first-order valence-corrected chi connectivity index (χ1v) is 7.72. The molecule has 0 amide bonds. The monoisotopic (exact) mass is 304 g/mol. The first-order chi connectivity index (χ1) is 9.01. The summed E-state index contributed by atoms with van der Waals surface area (Å²) >= 11 is 0. The fourth-order valence-electron chi connectivity index (χ4n) is 1.74. The van der Waals surface area contributed by atoms with Gasteiger partial charge in [-0.25, -0.2) is 17.5 Å². The van der Waals surface area contributed by atoms with Crippen LogP contribution in [0.5, 0.6) is 0 Å². The fourth-order valence-corrected chi connectivity index (χ4v) is 2.83. The van der Waals surface area contributed by atoms with E-state index in [4.69, 9.17) is 5.73 Å². The zero-order chi connectivity index (χ0) is 15.6. The van der Waals surface area contributed by atoms with Gasteiger partial charge < -0.3 is 10.8 Å². The third-order valence-corrected chi connectivity index (χ3v) is 4.06. The third-order valence-electron chi connectivity index (χ3n) is 2.64. The van der Waals surface area contributed by atoms with Gasteiger partial charge in [0.05, 0.1) is 16.7 Å². The second kappa shape index (κ2) is 6.07. The molecule has 5 nitrogen and oxygen atoms in total. The number of benzene rings is 1. The number of anilines is 1. The molecule has 0 aromatic heterocycles. The van der Waals surface area contributed by atoms with E-state index in [1.165, 1.54) is 12.1 Å². The van der Waals surface area contributed by atoms with Crippen LogP contribution >= 0.6 is 0 Å². The molecule has 0 aliphatic carbocycles. The lowest BCUT2D eigenvalue weighted by Gasteiger charge is -2.22. The molecule has 0 saturated heterocycles. The molecule has 4 N–H and O–H groups in total. The van der Waals surface area contributed by atoms with Crippen LogP contribution < -0.4 is 10.5 Å². The molecule has 20 heavy (non-hydrogen) atoms. The number of nitrogens with two attached hydrogens (primary N) is 1. The minimum absolute atomic E-state index is 0.113. The standard InChI is InChI=1S/C13H21FN2O3S/c1-13(2,3)7-9(17)8-16-20(18,19)10-4-5-12(15)11(14)6-10/h4-6,9,16-17H,7-8,15H2,1-3H3. The fraction of sp³-hybridized carbons (Fsp3) is 0.538. The molecule has 1 aromatic rings. The average Bonchev–Trinajstić information content (AvgIpc) is 2.28. The summed E-state index contributed by atoms with van der Waals surface area (Å²) in [6.45, 7) is 5.71. The Bertz CT molecular complexity index is 567. The van der Waals surface area contributed by atoms with E-state index in [0.29, 0.717) is 6.42 Å². The summed E-state index contributed by atoms with van der Waals surface area (Å²) in [4.78, 5) is -0.216. The van der Waals surface area contributed by atoms with Gasteiger partial charge in [0.1, 0.15) is 5.82 Å². The highest BCUT2D eigenvalue weighted by Crippen LogP contribution is 2.21. The van der Waals surface area contributed by atoms with Gasteiger partial charge in [0, 0.05) is 6.54 Å². The first kappa shape index (κ1) is 16.9. The van der Waals surface area contributed by atoms with Crippen molar-refractivity contribution in [1.29, 1.82) is 0 Å². The van der Waals surface area contributed by atoms with Crippen molar-refractivity contribution in [2.24, 2.45) is 5.41 Å². The lowest BCUT2D eigenvalue weighted by atomic mass is 9.89. The van der Waals surface area contributed by atoms with Crippen molar-refractivity contribution in [3.05, 3.63) is 24.0 Å². The zero-order valence-electron chi connectivity index (χ0n) is 11.9. The summed E-state index contributed by atoms with van der Waals surface area (Å²) in [5.74, 6) is -0.789. The minimum Gasteiger partial charge on any atom is -0.396 e. The van der Waals surface area contributed by atoms with Crippen LogP contribution in [0.2, 0.25) is 0 Å². The smallest absolute Gasteiger partial charge is 0.240 e. The van der Waals surface area contributed by atoms with Crippen LogP contribution in [0.25, 0.3) is 0 Å². The molecular weight excluding hydrogens is 283 g/mol. The van der Waals surface area contributed by atoms with Crippen molar-refractivity contribution in [1.82, 2.24) is 4.72 Å². The van der Waals surface area contributed by atoms with E-state index in [0.717, 1.165) is 6.07 Å². The largest absolute Gasteiger partial charge is 0.396 e. The molecule has 114 valence electrons. The Morgan fingerprint density at radius 3 is 2.50 bits per heavy atom. The predicted octanol–water partition coefficient (Wildman–Crippen LogP) is 1.48. The number of rotatable bonds is 5. The highest BCUT2D eigenvalue weighted by atomic mass is 32.2. The van der Waals surface area contributed by atoms with E-state index in [1.54, 1.807) is 0 Å². The van der Waals surface area contributed by atoms with E-state index < -0.39 is 21.9 Å². The van der Waals surface area contributed by atoms with Crippen molar-refractivity contribution < 1.29 is 17.9 Å². The van der Waals surface area contributed by atoms with Crippen LogP contribution in [0.4, 0.5) is 10.1 Å². The van der Waals surface area contributed by atoms with Gasteiger partial charge in [-0.1, -0.05) is 20.8 Å². The van der Waals surface area contributed by atoms with Crippen LogP contribution in [0, 0.1) is 11.2 Å². The van der Waals surface area contributed by atoms with E-state index in [-0.39, 0.29) is 22.5 Å². The quantitative estimate of drug-likeness (QED) is 0.718. The molecule has 1 rings (SSSR count). The summed E-state index contributed by atoms with van der Waals surface area (Å²) < 4.78 is 39.4. The molecule has 0 radical (unpaired) electrons. The van der Waals surface area contributed by atoms with Crippen molar-refractivity contribution >= 4 is 15.7 Å². The maximum atomic E-state index is 13.3. The van der Waals surface area contributed by atoms with Crippen LogP contribution in [-0.2, 0) is 10.0 Å². The predicted molar refractivity (Wildman–Crippen MR) is 76.1 cm³/mol. The summed E-state index contributed by atoms with van der Waals surface area (Å²) in [5.41, 5.74) is 5.07. The van der Waals surface area contributed by atoms with Gasteiger partial charge in [0.2, 0.25) is 10.0 Å². The minimum atomic E-state index is -3.86. The lowest BCUT2D eigenvalue weighted by molar-refractivity contribution is 0.125. The number of hydrogen-bond donors (Lipinski definition) is 3. The molecule has 0 aliphatic rings. The number of hydrogen-bond acceptors (Lipinski definition) is 4. The molecule has 1 unspecified atom stereocenters. The normalized spacial score (nSPS) is 14.2. The zero-order valence-corrected chi connectivity index (χ0v) is 12.7. The van der Waals surface area contributed by atoms with E-state index in [9.17, 15) is 17.9 Å². The Hall–Kier alpha value is -1.18. The van der Waals surface area contributed by atoms with Gasteiger partial charge in [-0.2, -0.15) is 0 Å². The molecule has 7 heteroatoms. The van der Waals surface area contributed by atoms with E-state index in [2.05, 4.69) is 4.72 Å². The topological polar surface area (TPSA) is 92.4 Å². The van der Waals surface area contributed by atoms with Crippen LogP contribution in [0.15, 0.2) is 23.1 Å². The number of halogens is 1. The third kappa shape index (κ3) is 5.07. The van der Waals surface area contributed by atoms with Gasteiger partial charge in [0.25, 0.3) is 0 Å². The average molecular weight is 304 g/mol. The summed E-state index contributed by atoms with van der Waals surface area (Å²) in [7, 11) is -3.86. The van der Waals surface area contributed by atoms with E-state index in [1.807, 2.05) is 20.8 Å². The maximum absolute atomic E-state index is 13.3. The number of sulfonamides is 1.